The standard InChI is InChI=1S/C69H135N2O7P/c1-7-10-13-16-19-22-25-27-29-31-32-33-34-35-36-37-38-40-42-44-47-50-53-56-59-62-69(73)78-67(60-57-54-51-48-45-24-21-18-15-12-9-3)66(65-77-79(74,75)76-64-63-71(4,5)6)70-68(72)61-58-55-52-49-46-43-41-39-30-28-26-23-20-17-14-11-8-2/h27,29,57,60,66-67H,7-26,28,30-56,58-59,61-65H2,1-6H3,(H-,70,72,74,75)/p+1/b29-27+,60-57+. The quantitative estimate of drug-likeness (QED) is 0.0205. The molecule has 0 spiro atoms. The minimum Gasteiger partial charge on any atom is -0.456 e. The van der Waals surface area contributed by atoms with E-state index in [2.05, 4.69) is 38.2 Å². The first kappa shape index (κ1) is 77.5. The van der Waals surface area contributed by atoms with Crippen molar-refractivity contribution in [1.82, 2.24) is 5.32 Å². The van der Waals surface area contributed by atoms with Crippen LogP contribution in [0.4, 0.5) is 0 Å². The summed E-state index contributed by atoms with van der Waals surface area (Å²) in [5.41, 5.74) is 0. The lowest BCUT2D eigenvalue weighted by Gasteiger charge is -2.27. The molecule has 79 heavy (non-hydrogen) atoms. The first-order chi connectivity index (χ1) is 38.4. The van der Waals surface area contributed by atoms with Gasteiger partial charge in [0, 0.05) is 12.8 Å². The van der Waals surface area contributed by atoms with E-state index >= 15 is 0 Å². The van der Waals surface area contributed by atoms with Gasteiger partial charge in [-0.2, -0.15) is 0 Å². The number of phosphoric acid groups is 1. The number of nitrogens with one attached hydrogen (secondary N) is 1. The Hall–Kier alpha value is -1.51. The molecule has 0 aromatic carbocycles. The van der Waals surface area contributed by atoms with E-state index in [9.17, 15) is 19.0 Å². The van der Waals surface area contributed by atoms with Crippen LogP contribution in [0.5, 0.6) is 0 Å². The molecule has 0 aliphatic rings. The predicted molar refractivity (Wildman–Crippen MR) is 342 cm³/mol. The Kier molecular flexibility index (Phi) is 58.5. The molecule has 0 fully saturated rings. The average molecular weight is 1140 g/mol. The lowest BCUT2D eigenvalue weighted by atomic mass is 10.0. The van der Waals surface area contributed by atoms with E-state index in [1.54, 1.807) is 0 Å². The summed E-state index contributed by atoms with van der Waals surface area (Å²) in [4.78, 5) is 37.8. The fourth-order valence-corrected chi connectivity index (χ4v) is 11.3. The van der Waals surface area contributed by atoms with Crippen molar-refractivity contribution < 1.29 is 37.3 Å². The number of unbranched alkanes of at least 4 members (excludes halogenated alkanes) is 46. The van der Waals surface area contributed by atoms with Gasteiger partial charge in [-0.05, 0) is 57.4 Å². The molecule has 1 amide bonds. The molecule has 0 aliphatic carbocycles. The highest BCUT2D eigenvalue weighted by Crippen LogP contribution is 2.43. The Morgan fingerprint density at radius 2 is 0.734 bits per heavy atom. The summed E-state index contributed by atoms with van der Waals surface area (Å²) in [7, 11) is 1.52. The highest BCUT2D eigenvalue weighted by molar-refractivity contribution is 7.47. The maximum Gasteiger partial charge on any atom is 0.472 e. The van der Waals surface area contributed by atoms with Crippen LogP contribution in [-0.2, 0) is 27.9 Å². The molecule has 0 saturated heterocycles. The number of rotatable bonds is 64. The number of carbonyl (C=O) groups excluding carboxylic acids is 2. The summed E-state index contributed by atoms with van der Waals surface area (Å²) in [6.07, 6.45) is 71.9. The lowest BCUT2D eigenvalue weighted by molar-refractivity contribution is -0.870. The SMILES string of the molecule is CCCCCCCC/C=C/CCCCCCCCCCCCCCCCCC(=O)OC(/C=C/CCCCCCCCCCC)C(COP(=O)(O)OCC[N+](C)(C)C)NC(=O)CCCCCCCCCCCCCCCCCCC. The molecule has 0 bridgehead atoms. The fourth-order valence-electron chi connectivity index (χ4n) is 10.5. The van der Waals surface area contributed by atoms with Gasteiger partial charge in [0.2, 0.25) is 5.91 Å². The van der Waals surface area contributed by atoms with Gasteiger partial charge in [-0.15, -0.1) is 0 Å². The van der Waals surface area contributed by atoms with E-state index in [1.807, 2.05) is 33.3 Å². The third-order valence-electron chi connectivity index (χ3n) is 15.9. The Morgan fingerprint density at radius 3 is 1.08 bits per heavy atom. The lowest BCUT2D eigenvalue weighted by Crippen LogP contribution is -2.47. The topological polar surface area (TPSA) is 111 Å². The highest BCUT2D eigenvalue weighted by Gasteiger charge is 2.30. The van der Waals surface area contributed by atoms with Gasteiger partial charge in [0.05, 0.1) is 33.8 Å². The molecule has 3 unspecified atom stereocenters. The van der Waals surface area contributed by atoms with Crippen molar-refractivity contribution in [2.45, 2.75) is 367 Å². The van der Waals surface area contributed by atoms with Gasteiger partial charge in [-0.25, -0.2) is 4.57 Å². The van der Waals surface area contributed by atoms with Gasteiger partial charge in [0.25, 0.3) is 0 Å². The second kappa shape index (κ2) is 59.6. The first-order valence-corrected chi connectivity index (χ1v) is 36.2. The molecule has 0 aliphatic heterocycles. The number of hydrogen-bond acceptors (Lipinski definition) is 6. The molecular weight excluding hydrogens is 1000 g/mol. The van der Waals surface area contributed by atoms with E-state index < -0.39 is 20.0 Å². The van der Waals surface area contributed by atoms with Crippen molar-refractivity contribution in [2.75, 3.05) is 40.9 Å². The third-order valence-corrected chi connectivity index (χ3v) is 16.9. The maximum absolute atomic E-state index is 13.6. The van der Waals surface area contributed by atoms with Crippen molar-refractivity contribution >= 4 is 19.7 Å². The highest BCUT2D eigenvalue weighted by atomic mass is 31.2. The molecule has 0 aromatic rings. The fraction of sp³-hybridized carbons (Fsp3) is 0.913. The zero-order chi connectivity index (χ0) is 57.9. The van der Waals surface area contributed by atoms with Gasteiger partial charge >= 0.3 is 13.8 Å². The number of phosphoric ester groups is 1. The largest absolute Gasteiger partial charge is 0.472 e. The molecular formula is C69H136N2O7P+. The average Bonchev–Trinajstić information content (AvgIpc) is 3.41. The van der Waals surface area contributed by atoms with Gasteiger partial charge in [0.1, 0.15) is 19.3 Å². The summed E-state index contributed by atoms with van der Waals surface area (Å²) < 4.78 is 30.8. The summed E-state index contributed by atoms with van der Waals surface area (Å²) in [5, 5.41) is 3.07. The van der Waals surface area contributed by atoms with E-state index in [0.29, 0.717) is 23.9 Å². The number of likely N-dealkylation sites (N-methyl/N-ethyl adjacent to an activating group) is 1. The summed E-state index contributed by atoms with van der Waals surface area (Å²) in [6, 6.07) is -0.842. The predicted octanol–water partition coefficient (Wildman–Crippen LogP) is 21.7. The number of esters is 1. The van der Waals surface area contributed by atoms with Crippen LogP contribution in [0, 0.1) is 0 Å². The molecule has 0 aromatic heterocycles. The van der Waals surface area contributed by atoms with Crippen LogP contribution in [0.3, 0.4) is 0 Å². The third kappa shape index (κ3) is 60.9. The van der Waals surface area contributed by atoms with Crippen LogP contribution in [0.1, 0.15) is 355 Å². The summed E-state index contributed by atoms with van der Waals surface area (Å²) >= 11 is 0. The monoisotopic (exact) mass is 1140 g/mol. The second-order valence-corrected chi connectivity index (χ2v) is 26.5. The zero-order valence-corrected chi connectivity index (χ0v) is 54.5. The normalized spacial score (nSPS) is 13.7. The molecule has 0 heterocycles. The van der Waals surface area contributed by atoms with Crippen LogP contribution in [0.2, 0.25) is 0 Å². The van der Waals surface area contributed by atoms with E-state index in [-0.39, 0.29) is 25.1 Å². The molecule has 0 rings (SSSR count). The first-order valence-electron chi connectivity index (χ1n) is 34.7. The molecule has 9 nitrogen and oxygen atoms in total. The van der Waals surface area contributed by atoms with Gasteiger partial charge in [0.15, 0.2) is 0 Å². The molecule has 0 saturated carbocycles. The summed E-state index contributed by atoms with van der Waals surface area (Å²) in [5.74, 6) is -0.483. The molecule has 3 atom stereocenters. The number of quaternary nitrogens is 1. The maximum atomic E-state index is 13.6. The Morgan fingerprint density at radius 1 is 0.430 bits per heavy atom. The van der Waals surface area contributed by atoms with E-state index in [1.165, 1.54) is 263 Å². The number of amides is 1. The smallest absolute Gasteiger partial charge is 0.456 e. The number of allylic oxidation sites excluding steroid dienone is 3. The van der Waals surface area contributed by atoms with Crippen LogP contribution < -0.4 is 5.32 Å². The van der Waals surface area contributed by atoms with Crippen molar-refractivity contribution in [3.63, 3.8) is 0 Å². The minimum absolute atomic E-state index is 0.0446. The molecule has 2 N–H and O–H groups in total. The van der Waals surface area contributed by atoms with Crippen LogP contribution >= 0.6 is 7.82 Å². The van der Waals surface area contributed by atoms with Crippen molar-refractivity contribution in [1.29, 1.82) is 0 Å². The number of nitrogens with zero attached hydrogens (tertiary/aromatic N) is 1. The van der Waals surface area contributed by atoms with Crippen LogP contribution in [-0.4, -0.2) is 74.3 Å². The van der Waals surface area contributed by atoms with E-state index in [4.69, 9.17) is 13.8 Å². The molecule has 0 radical (unpaired) electrons. The number of hydrogen-bond donors (Lipinski definition) is 2. The minimum atomic E-state index is -4.44. The molecule has 10 heteroatoms. The Bertz CT molecular complexity index is 1400. The summed E-state index contributed by atoms with van der Waals surface area (Å²) in [6.45, 7) is 7.07. The number of carbonyl (C=O) groups is 2. The zero-order valence-electron chi connectivity index (χ0n) is 53.6. The Balaban J connectivity index is 4.99. The van der Waals surface area contributed by atoms with Crippen LogP contribution in [0.25, 0.3) is 0 Å². The van der Waals surface area contributed by atoms with Crippen LogP contribution in [0.15, 0.2) is 24.3 Å². The van der Waals surface area contributed by atoms with Gasteiger partial charge in [-0.1, -0.05) is 309 Å². The van der Waals surface area contributed by atoms with Crippen molar-refractivity contribution in [3.05, 3.63) is 24.3 Å². The van der Waals surface area contributed by atoms with Crippen molar-refractivity contribution in [2.24, 2.45) is 0 Å². The van der Waals surface area contributed by atoms with Gasteiger partial charge in [-0.3, -0.25) is 18.6 Å². The van der Waals surface area contributed by atoms with E-state index in [0.717, 1.165) is 57.8 Å². The number of ether oxygens (including phenoxy) is 1. The molecule has 468 valence electrons. The second-order valence-electron chi connectivity index (χ2n) is 25.1. The van der Waals surface area contributed by atoms with Gasteiger partial charge < -0.3 is 19.4 Å². The Labute approximate surface area is 492 Å². The van der Waals surface area contributed by atoms with Crippen molar-refractivity contribution in [3.8, 4) is 0 Å².